The number of nitriles is 1. The van der Waals surface area contributed by atoms with Crippen molar-refractivity contribution in [2.45, 2.75) is 45.6 Å². The predicted octanol–water partition coefficient (Wildman–Crippen LogP) is 1.77. The van der Waals surface area contributed by atoms with Crippen molar-refractivity contribution in [2.75, 3.05) is 46.1 Å². The van der Waals surface area contributed by atoms with Crippen molar-refractivity contribution < 1.29 is 9.47 Å². The molecule has 0 amide bonds. The molecule has 0 spiro atoms. The van der Waals surface area contributed by atoms with Gasteiger partial charge in [-0.2, -0.15) is 5.26 Å². The van der Waals surface area contributed by atoms with E-state index in [0.29, 0.717) is 6.42 Å². The van der Waals surface area contributed by atoms with E-state index in [2.05, 4.69) is 11.0 Å². The van der Waals surface area contributed by atoms with Crippen LogP contribution >= 0.6 is 0 Å². The predicted molar refractivity (Wildman–Crippen MR) is 81.5 cm³/mol. The summed E-state index contributed by atoms with van der Waals surface area (Å²) in [5.41, 5.74) is 5.32. The first-order valence-corrected chi connectivity index (χ1v) is 7.69. The van der Waals surface area contributed by atoms with Crippen LogP contribution in [0.4, 0.5) is 0 Å². The van der Waals surface area contributed by atoms with Gasteiger partial charge in [0.2, 0.25) is 0 Å². The van der Waals surface area contributed by atoms with Gasteiger partial charge in [-0.3, -0.25) is 4.90 Å². The van der Waals surface area contributed by atoms with E-state index in [4.69, 9.17) is 20.5 Å². The SMILES string of the molecule is CCOCCN(CCCC(N)(C#N)CC)CCOCC. The molecule has 0 rings (SSSR count). The summed E-state index contributed by atoms with van der Waals surface area (Å²) in [7, 11) is 0. The van der Waals surface area contributed by atoms with Crippen molar-refractivity contribution in [3.8, 4) is 6.07 Å². The van der Waals surface area contributed by atoms with Gasteiger partial charge in [-0.05, 0) is 39.7 Å². The highest BCUT2D eigenvalue weighted by Crippen LogP contribution is 2.13. The lowest BCUT2D eigenvalue weighted by Crippen LogP contribution is -2.39. The molecule has 0 bridgehead atoms. The minimum absolute atomic E-state index is 0.675. The molecule has 1 unspecified atom stereocenters. The Morgan fingerprint density at radius 1 is 1.05 bits per heavy atom. The number of rotatable bonds is 13. The second kappa shape index (κ2) is 12.1. The van der Waals surface area contributed by atoms with Crippen molar-refractivity contribution in [1.29, 1.82) is 5.26 Å². The molecule has 0 heterocycles. The third kappa shape index (κ3) is 9.27. The average Bonchev–Trinajstić information content (AvgIpc) is 2.47. The van der Waals surface area contributed by atoms with Crippen LogP contribution in [0.15, 0.2) is 0 Å². The van der Waals surface area contributed by atoms with Gasteiger partial charge in [-0.25, -0.2) is 0 Å². The zero-order valence-electron chi connectivity index (χ0n) is 13.4. The van der Waals surface area contributed by atoms with E-state index < -0.39 is 5.54 Å². The monoisotopic (exact) mass is 285 g/mol. The number of ether oxygens (including phenoxy) is 2. The van der Waals surface area contributed by atoms with Gasteiger partial charge in [0.15, 0.2) is 0 Å². The van der Waals surface area contributed by atoms with Gasteiger partial charge >= 0.3 is 0 Å². The third-order valence-corrected chi connectivity index (χ3v) is 3.46. The van der Waals surface area contributed by atoms with E-state index in [0.717, 1.165) is 58.9 Å². The maximum absolute atomic E-state index is 9.07. The van der Waals surface area contributed by atoms with Crippen molar-refractivity contribution in [2.24, 2.45) is 5.73 Å². The molecule has 2 N–H and O–H groups in total. The molecule has 0 aromatic rings. The van der Waals surface area contributed by atoms with E-state index in [1.807, 2.05) is 20.8 Å². The fourth-order valence-corrected chi connectivity index (χ4v) is 1.94. The smallest absolute Gasteiger partial charge is 0.104 e. The summed E-state index contributed by atoms with van der Waals surface area (Å²) in [5, 5.41) is 9.07. The molecule has 0 aliphatic rings. The molecule has 0 saturated carbocycles. The van der Waals surface area contributed by atoms with Crippen LogP contribution in [0, 0.1) is 11.3 Å². The molecule has 0 aliphatic carbocycles. The molecule has 0 aromatic carbocycles. The molecule has 1 atom stereocenters. The summed E-state index contributed by atoms with van der Waals surface area (Å²) in [5.74, 6) is 0. The van der Waals surface area contributed by atoms with E-state index in [9.17, 15) is 0 Å². The molecular weight excluding hydrogens is 254 g/mol. The van der Waals surface area contributed by atoms with E-state index in [-0.39, 0.29) is 0 Å². The number of hydrogen-bond acceptors (Lipinski definition) is 5. The summed E-state index contributed by atoms with van der Waals surface area (Å²) in [6.07, 6.45) is 2.36. The lowest BCUT2D eigenvalue weighted by Gasteiger charge is -2.24. The summed E-state index contributed by atoms with van der Waals surface area (Å²) >= 11 is 0. The number of nitrogens with two attached hydrogens (primary N) is 1. The Balaban J connectivity index is 4.03. The molecule has 0 radical (unpaired) electrons. The van der Waals surface area contributed by atoms with Gasteiger partial charge in [-0.15, -0.1) is 0 Å². The molecule has 0 fully saturated rings. The Morgan fingerprint density at radius 3 is 2.00 bits per heavy atom. The minimum Gasteiger partial charge on any atom is -0.380 e. The van der Waals surface area contributed by atoms with Gasteiger partial charge < -0.3 is 15.2 Å². The highest BCUT2D eigenvalue weighted by atomic mass is 16.5. The first kappa shape index (κ1) is 19.3. The Hall–Kier alpha value is -0.670. The molecule has 0 aliphatic heterocycles. The summed E-state index contributed by atoms with van der Waals surface area (Å²) in [6.45, 7) is 11.7. The molecular formula is C15H31N3O2. The Kier molecular flexibility index (Phi) is 11.7. The Labute approximate surface area is 124 Å². The summed E-state index contributed by atoms with van der Waals surface area (Å²) < 4.78 is 10.8. The zero-order valence-corrected chi connectivity index (χ0v) is 13.4. The Bertz CT molecular complexity index is 258. The second-order valence-corrected chi connectivity index (χ2v) is 4.96. The van der Waals surface area contributed by atoms with Gasteiger partial charge in [0, 0.05) is 26.3 Å². The van der Waals surface area contributed by atoms with Gasteiger partial charge in [0.1, 0.15) is 5.54 Å². The summed E-state index contributed by atoms with van der Waals surface area (Å²) in [4.78, 5) is 2.32. The van der Waals surface area contributed by atoms with Crippen molar-refractivity contribution in [3.05, 3.63) is 0 Å². The van der Waals surface area contributed by atoms with Crippen molar-refractivity contribution in [1.82, 2.24) is 4.90 Å². The third-order valence-electron chi connectivity index (χ3n) is 3.46. The quantitative estimate of drug-likeness (QED) is 0.522. The van der Waals surface area contributed by atoms with Crippen LogP contribution < -0.4 is 5.73 Å². The minimum atomic E-state index is -0.675. The number of hydrogen-bond donors (Lipinski definition) is 1. The normalized spacial score (nSPS) is 14.2. The molecule has 0 saturated heterocycles. The lowest BCUT2D eigenvalue weighted by molar-refractivity contribution is 0.0815. The van der Waals surface area contributed by atoms with Gasteiger partial charge in [0.05, 0.1) is 19.3 Å². The van der Waals surface area contributed by atoms with E-state index in [1.165, 1.54) is 0 Å². The van der Waals surface area contributed by atoms with Crippen LogP contribution in [0.25, 0.3) is 0 Å². The van der Waals surface area contributed by atoms with Gasteiger partial charge in [0.25, 0.3) is 0 Å². The van der Waals surface area contributed by atoms with Gasteiger partial charge in [-0.1, -0.05) is 6.92 Å². The summed E-state index contributed by atoms with van der Waals surface area (Å²) in [6, 6.07) is 2.22. The van der Waals surface area contributed by atoms with E-state index in [1.54, 1.807) is 0 Å². The topological polar surface area (TPSA) is 71.5 Å². The standard InChI is InChI=1S/C15H31N3O2/c1-4-15(17,14-16)8-7-9-18(10-12-19-5-2)11-13-20-6-3/h4-13,17H2,1-3H3. The van der Waals surface area contributed by atoms with Crippen LogP contribution in [0.5, 0.6) is 0 Å². The number of nitrogens with zero attached hydrogens (tertiary/aromatic N) is 2. The van der Waals surface area contributed by atoms with Crippen molar-refractivity contribution >= 4 is 0 Å². The van der Waals surface area contributed by atoms with Crippen LogP contribution in [0.2, 0.25) is 0 Å². The maximum atomic E-state index is 9.07. The second-order valence-electron chi connectivity index (χ2n) is 4.96. The molecule has 118 valence electrons. The largest absolute Gasteiger partial charge is 0.380 e. The average molecular weight is 285 g/mol. The van der Waals surface area contributed by atoms with E-state index >= 15 is 0 Å². The fraction of sp³-hybridized carbons (Fsp3) is 0.933. The molecule has 0 aromatic heterocycles. The Morgan fingerprint density at radius 2 is 1.60 bits per heavy atom. The molecule has 20 heavy (non-hydrogen) atoms. The first-order valence-electron chi connectivity index (χ1n) is 7.69. The van der Waals surface area contributed by atoms with Crippen molar-refractivity contribution in [3.63, 3.8) is 0 Å². The van der Waals surface area contributed by atoms with Crippen LogP contribution in [0.1, 0.15) is 40.0 Å². The first-order chi connectivity index (χ1) is 9.61. The molecule has 5 nitrogen and oxygen atoms in total. The maximum Gasteiger partial charge on any atom is 0.104 e. The van der Waals surface area contributed by atoms with Crippen LogP contribution in [0.3, 0.4) is 0 Å². The lowest BCUT2D eigenvalue weighted by atomic mass is 9.93. The highest BCUT2D eigenvalue weighted by Gasteiger charge is 2.21. The molecule has 5 heteroatoms. The fourth-order valence-electron chi connectivity index (χ4n) is 1.94. The zero-order chi connectivity index (χ0) is 15.3. The highest BCUT2D eigenvalue weighted by molar-refractivity contribution is 5.03. The van der Waals surface area contributed by atoms with Crippen LogP contribution in [-0.2, 0) is 9.47 Å². The van der Waals surface area contributed by atoms with Crippen LogP contribution in [-0.4, -0.2) is 56.5 Å².